The van der Waals surface area contributed by atoms with Crippen molar-refractivity contribution in [2.24, 2.45) is 5.92 Å². The molecule has 2 amide bonds. The molecule has 1 saturated carbocycles. The number of carbonyl (C=O) groups excluding carboxylic acids is 1. The smallest absolute Gasteiger partial charge is 0.319 e. The van der Waals surface area contributed by atoms with Gasteiger partial charge in [0.1, 0.15) is 0 Å². The lowest BCUT2D eigenvalue weighted by Gasteiger charge is -2.14. The van der Waals surface area contributed by atoms with Crippen molar-refractivity contribution in [1.82, 2.24) is 5.32 Å². The highest BCUT2D eigenvalue weighted by Crippen LogP contribution is 2.33. The van der Waals surface area contributed by atoms with Crippen LogP contribution in [-0.2, 0) is 0 Å². The lowest BCUT2D eigenvalue weighted by molar-refractivity contribution is 0.248. The lowest BCUT2D eigenvalue weighted by Crippen LogP contribution is -2.37. The molecule has 3 rings (SSSR count). The van der Waals surface area contributed by atoms with E-state index in [4.69, 9.17) is 9.47 Å². The summed E-state index contributed by atoms with van der Waals surface area (Å²) in [5, 5.41) is 5.80. The molecule has 0 aromatic heterocycles. The molecule has 1 aliphatic carbocycles. The number of hydrogen-bond acceptors (Lipinski definition) is 3. The minimum absolute atomic E-state index is 0.168. The monoisotopic (exact) mass is 276 g/mol. The minimum atomic E-state index is -0.168. The van der Waals surface area contributed by atoms with Gasteiger partial charge in [-0.05, 0) is 37.8 Å². The Morgan fingerprint density at radius 2 is 2.00 bits per heavy atom. The maximum Gasteiger partial charge on any atom is 0.319 e. The Morgan fingerprint density at radius 1 is 1.25 bits per heavy atom. The zero-order chi connectivity index (χ0) is 13.9. The van der Waals surface area contributed by atoms with Gasteiger partial charge in [0.25, 0.3) is 0 Å². The second kappa shape index (κ2) is 5.61. The molecule has 5 heteroatoms. The zero-order valence-electron chi connectivity index (χ0n) is 11.6. The molecule has 108 valence electrons. The summed E-state index contributed by atoms with van der Waals surface area (Å²) >= 11 is 0. The quantitative estimate of drug-likeness (QED) is 0.892. The number of ether oxygens (including phenoxy) is 2. The summed E-state index contributed by atoms with van der Waals surface area (Å²) in [5.74, 6) is 2.07. The third kappa shape index (κ3) is 3.15. The molecule has 5 nitrogen and oxygen atoms in total. The first-order chi connectivity index (χ1) is 9.72. The molecule has 0 spiro atoms. The second-order valence-electron chi connectivity index (χ2n) is 5.44. The van der Waals surface area contributed by atoms with Crippen molar-refractivity contribution in [3.05, 3.63) is 18.2 Å². The van der Waals surface area contributed by atoms with Gasteiger partial charge >= 0.3 is 6.03 Å². The molecule has 0 radical (unpaired) electrons. The first kappa shape index (κ1) is 13.1. The van der Waals surface area contributed by atoms with Crippen LogP contribution < -0.4 is 20.1 Å². The molecule has 1 fully saturated rings. The Morgan fingerprint density at radius 3 is 2.75 bits per heavy atom. The van der Waals surface area contributed by atoms with Gasteiger partial charge < -0.3 is 20.1 Å². The van der Waals surface area contributed by atoms with Crippen molar-refractivity contribution in [1.29, 1.82) is 0 Å². The highest BCUT2D eigenvalue weighted by Gasteiger charge is 2.28. The van der Waals surface area contributed by atoms with E-state index in [0.717, 1.165) is 17.9 Å². The Bertz CT molecular complexity index is 500. The average molecular weight is 276 g/mol. The molecular weight excluding hydrogens is 256 g/mol. The molecule has 0 bridgehead atoms. The van der Waals surface area contributed by atoms with Gasteiger partial charge in [-0.15, -0.1) is 0 Å². The van der Waals surface area contributed by atoms with E-state index in [2.05, 4.69) is 10.6 Å². The fraction of sp³-hybridized carbons (Fsp3) is 0.533. The summed E-state index contributed by atoms with van der Waals surface area (Å²) in [5.41, 5.74) is 0.717. The third-order valence-electron chi connectivity index (χ3n) is 3.69. The molecule has 1 unspecified atom stereocenters. The normalized spacial score (nSPS) is 18.9. The van der Waals surface area contributed by atoms with Gasteiger partial charge in [0.2, 0.25) is 0 Å². The van der Waals surface area contributed by atoms with Crippen LogP contribution in [0.4, 0.5) is 10.5 Å². The number of carbonyl (C=O) groups is 1. The van der Waals surface area contributed by atoms with Crippen LogP contribution in [0.5, 0.6) is 11.5 Å². The predicted molar refractivity (Wildman–Crippen MR) is 76.4 cm³/mol. The Labute approximate surface area is 118 Å². The fourth-order valence-electron chi connectivity index (χ4n) is 2.33. The van der Waals surface area contributed by atoms with Gasteiger partial charge in [-0.25, -0.2) is 4.79 Å². The van der Waals surface area contributed by atoms with Gasteiger partial charge in [-0.1, -0.05) is 0 Å². The van der Waals surface area contributed by atoms with Gasteiger partial charge in [-0.3, -0.25) is 0 Å². The number of hydrogen-bond donors (Lipinski definition) is 2. The Hall–Kier alpha value is -1.91. The van der Waals surface area contributed by atoms with E-state index in [1.165, 1.54) is 12.8 Å². The van der Waals surface area contributed by atoms with Crippen LogP contribution in [-0.4, -0.2) is 25.3 Å². The van der Waals surface area contributed by atoms with Crippen LogP contribution in [0.1, 0.15) is 26.2 Å². The highest BCUT2D eigenvalue weighted by molar-refractivity contribution is 5.89. The van der Waals surface area contributed by atoms with Gasteiger partial charge in [0.05, 0.1) is 13.2 Å². The number of rotatable bonds is 3. The molecule has 1 aromatic rings. The fourth-order valence-corrected chi connectivity index (χ4v) is 2.33. The van der Waals surface area contributed by atoms with Crippen molar-refractivity contribution in [3.63, 3.8) is 0 Å². The van der Waals surface area contributed by atoms with E-state index in [-0.39, 0.29) is 12.1 Å². The largest absolute Gasteiger partial charge is 0.490 e. The highest BCUT2D eigenvalue weighted by atomic mass is 16.5. The number of fused-ring (bicyclic) bond motifs is 1. The van der Waals surface area contributed by atoms with Crippen molar-refractivity contribution >= 4 is 11.7 Å². The van der Waals surface area contributed by atoms with E-state index in [1.807, 2.05) is 25.1 Å². The second-order valence-corrected chi connectivity index (χ2v) is 5.44. The van der Waals surface area contributed by atoms with Crippen LogP contribution in [0.15, 0.2) is 18.2 Å². The van der Waals surface area contributed by atoms with Crippen LogP contribution >= 0.6 is 0 Å². The lowest BCUT2D eigenvalue weighted by atomic mass is 10.2. The van der Waals surface area contributed by atoms with E-state index in [1.54, 1.807) is 0 Å². The summed E-state index contributed by atoms with van der Waals surface area (Å²) < 4.78 is 11.2. The summed E-state index contributed by atoms with van der Waals surface area (Å²) in [7, 11) is 0. The maximum absolute atomic E-state index is 11.9. The molecular formula is C15H20N2O3. The number of benzene rings is 1. The number of urea groups is 1. The van der Waals surface area contributed by atoms with Crippen LogP contribution in [0, 0.1) is 5.92 Å². The zero-order valence-corrected chi connectivity index (χ0v) is 11.6. The van der Waals surface area contributed by atoms with E-state index in [9.17, 15) is 4.79 Å². The van der Waals surface area contributed by atoms with Gasteiger partial charge in [0, 0.05) is 24.2 Å². The van der Waals surface area contributed by atoms with Crippen molar-refractivity contribution in [2.45, 2.75) is 32.2 Å². The summed E-state index contributed by atoms with van der Waals surface area (Å²) in [6.07, 6.45) is 3.30. The first-order valence-corrected chi connectivity index (χ1v) is 7.19. The van der Waals surface area contributed by atoms with Crippen LogP contribution in [0.2, 0.25) is 0 Å². The first-order valence-electron chi connectivity index (χ1n) is 7.19. The summed E-state index contributed by atoms with van der Waals surface area (Å²) in [6, 6.07) is 5.53. The average Bonchev–Trinajstić information content (AvgIpc) is 3.25. The molecule has 2 aliphatic rings. The third-order valence-corrected chi connectivity index (χ3v) is 3.69. The summed E-state index contributed by atoms with van der Waals surface area (Å²) in [4.78, 5) is 11.9. The molecule has 1 aromatic carbocycles. The molecule has 0 saturated heterocycles. The SMILES string of the molecule is CC(NC(=O)Nc1ccc2c(c1)OCCCO2)C1CC1. The molecule has 1 aliphatic heterocycles. The van der Waals surface area contributed by atoms with Crippen LogP contribution in [0.25, 0.3) is 0 Å². The molecule has 20 heavy (non-hydrogen) atoms. The number of anilines is 1. The molecule has 1 heterocycles. The standard InChI is InChI=1S/C15H20N2O3/c1-10(11-3-4-11)16-15(18)17-12-5-6-13-14(9-12)20-8-2-7-19-13/h5-6,9-11H,2-4,7-8H2,1H3,(H2,16,17,18). The maximum atomic E-state index is 11.9. The van der Waals surface area contributed by atoms with Crippen molar-refractivity contribution < 1.29 is 14.3 Å². The predicted octanol–water partition coefficient (Wildman–Crippen LogP) is 2.77. The van der Waals surface area contributed by atoms with Gasteiger partial charge in [0.15, 0.2) is 11.5 Å². The Balaban J connectivity index is 1.62. The van der Waals surface area contributed by atoms with E-state index < -0.39 is 0 Å². The van der Waals surface area contributed by atoms with Gasteiger partial charge in [-0.2, -0.15) is 0 Å². The minimum Gasteiger partial charge on any atom is -0.490 e. The van der Waals surface area contributed by atoms with E-state index in [0.29, 0.717) is 24.9 Å². The van der Waals surface area contributed by atoms with Crippen LogP contribution in [0.3, 0.4) is 0 Å². The molecule has 1 atom stereocenters. The number of amides is 2. The Kier molecular flexibility index (Phi) is 3.67. The number of nitrogens with one attached hydrogen (secondary N) is 2. The topological polar surface area (TPSA) is 59.6 Å². The van der Waals surface area contributed by atoms with Crippen molar-refractivity contribution in [2.75, 3.05) is 18.5 Å². The van der Waals surface area contributed by atoms with E-state index >= 15 is 0 Å². The summed E-state index contributed by atoms with van der Waals surface area (Å²) in [6.45, 7) is 3.35. The van der Waals surface area contributed by atoms with Crippen molar-refractivity contribution in [3.8, 4) is 11.5 Å². The molecule has 2 N–H and O–H groups in total.